The number of nitriles is 1. The molecule has 4 rings (SSSR count). The zero-order chi connectivity index (χ0) is 23.3. The Morgan fingerprint density at radius 3 is 2.21 bits per heavy atom. The minimum atomic E-state index is -3.28. The lowest BCUT2D eigenvalue weighted by Crippen LogP contribution is -2.59. The largest absolute Gasteiger partial charge is 0.370 e. The van der Waals surface area contributed by atoms with Gasteiger partial charge in [-0.3, -0.25) is 9.80 Å². The van der Waals surface area contributed by atoms with Crippen LogP contribution < -0.4 is 0 Å². The van der Waals surface area contributed by atoms with Crippen LogP contribution in [0.2, 0.25) is 0 Å². The van der Waals surface area contributed by atoms with Crippen molar-refractivity contribution in [1.82, 2.24) is 14.1 Å². The van der Waals surface area contributed by atoms with Crippen LogP contribution in [0.1, 0.15) is 23.6 Å². The van der Waals surface area contributed by atoms with Gasteiger partial charge in [-0.05, 0) is 30.2 Å². The average molecular weight is 469 g/mol. The number of morpholine rings is 2. The molecule has 0 saturated carbocycles. The molecule has 0 radical (unpaired) electrons. The summed E-state index contributed by atoms with van der Waals surface area (Å²) in [5.41, 5.74) is 2.89. The van der Waals surface area contributed by atoms with Crippen molar-refractivity contribution in [2.75, 3.05) is 45.0 Å². The van der Waals surface area contributed by atoms with Gasteiger partial charge >= 0.3 is 0 Å². The predicted octanol–water partition coefficient (Wildman–Crippen LogP) is 2.30. The molecule has 2 aromatic rings. The van der Waals surface area contributed by atoms with Crippen molar-refractivity contribution in [3.63, 3.8) is 0 Å². The second-order valence-corrected chi connectivity index (χ2v) is 11.1. The van der Waals surface area contributed by atoms with Crippen LogP contribution >= 0.6 is 0 Å². The topological polar surface area (TPSA) is 76.9 Å². The smallest absolute Gasteiger partial charge is 0.214 e. The van der Waals surface area contributed by atoms with Gasteiger partial charge in [0.25, 0.3) is 0 Å². The van der Waals surface area contributed by atoms with E-state index in [1.54, 1.807) is 11.2 Å². The van der Waals surface area contributed by atoms with Gasteiger partial charge in [0.15, 0.2) is 0 Å². The summed E-state index contributed by atoms with van der Waals surface area (Å²) in [4.78, 5) is 4.77. The summed E-state index contributed by atoms with van der Waals surface area (Å²) in [6.45, 7) is 7.49. The number of hydrogen-bond acceptors (Lipinski definition) is 6. The Kier molecular flexibility index (Phi) is 7.78. The molecule has 2 aliphatic rings. The van der Waals surface area contributed by atoms with Crippen LogP contribution in [0.15, 0.2) is 54.6 Å². The molecule has 0 spiro atoms. The van der Waals surface area contributed by atoms with E-state index in [2.05, 4.69) is 15.9 Å². The molecule has 2 unspecified atom stereocenters. The normalized spacial score (nSPS) is 21.7. The van der Waals surface area contributed by atoms with Gasteiger partial charge in [-0.15, -0.1) is 0 Å². The van der Waals surface area contributed by atoms with E-state index >= 15 is 0 Å². The predicted molar refractivity (Wildman–Crippen MR) is 128 cm³/mol. The Hall–Kier alpha value is -2.28. The molecule has 2 bridgehead atoms. The SMILES string of the molecule is CCS(=O)(=O)N(CCN1CC2CN(Cc3ccc(C#N)cc3)CC(C1)O2)Cc1ccccc1. The Morgan fingerprint density at radius 1 is 0.970 bits per heavy atom. The van der Waals surface area contributed by atoms with E-state index in [-0.39, 0.29) is 18.0 Å². The maximum absolute atomic E-state index is 12.7. The molecule has 2 fully saturated rings. The zero-order valence-corrected chi connectivity index (χ0v) is 20.0. The summed E-state index contributed by atoms with van der Waals surface area (Å²) < 4.78 is 33.2. The molecule has 0 N–H and O–H groups in total. The van der Waals surface area contributed by atoms with Crippen LogP contribution in [0, 0.1) is 11.3 Å². The minimum absolute atomic E-state index is 0.110. The van der Waals surface area contributed by atoms with Crippen LogP contribution in [0.3, 0.4) is 0 Å². The summed E-state index contributed by atoms with van der Waals surface area (Å²) in [5, 5.41) is 8.98. The highest BCUT2D eigenvalue weighted by atomic mass is 32.2. The van der Waals surface area contributed by atoms with Gasteiger partial charge < -0.3 is 4.74 Å². The van der Waals surface area contributed by atoms with E-state index in [4.69, 9.17) is 10.00 Å². The standard InChI is InChI=1S/C25H32N4O3S/c1-2-33(30,31)29(16-22-6-4-3-5-7-22)13-12-27-17-24-19-28(20-25(18-27)32-24)15-23-10-8-21(14-26)9-11-23/h3-11,24-25H,2,12-13,15-20H2,1H3. The van der Waals surface area contributed by atoms with Crippen LogP contribution in [-0.2, 0) is 27.8 Å². The lowest BCUT2D eigenvalue weighted by atomic mass is 10.1. The average Bonchev–Trinajstić information content (AvgIpc) is 2.82. The number of benzene rings is 2. The zero-order valence-electron chi connectivity index (χ0n) is 19.1. The summed E-state index contributed by atoms with van der Waals surface area (Å²) >= 11 is 0. The van der Waals surface area contributed by atoms with Crippen LogP contribution in [0.4, 0.5) is 0 Å². The third-order valence-electron chi connectivity index (χ3n) is 6.35. The van der Waals surface area contributed by atoms with Gasteiger partial charge in [0.2, 0.25) is 10.0 Å². The van der Waals surface area contributed by atoms with E-state index in [9.17, 15) is 8.42 Å². The van der Waals surface area contributed by atoms with Crippen molar-refractivity contribution in [1.29, 1.82) is 5.26 Å². The van der Waals surface area contributed by atoms with Gasteiger partial charge in [-0.1, -0.05) is 42.5 Å². The third-order valence-corrected chi connectivity index (χ3v) is 8.18. The van der Waals surface area contributed by atoms with Crippen LogP contribution in [0.5, 0.6) is 0 Å². The monoisotopic (exact) mass is 468 g/mol. The first-order valence-electron chi connectivity index (χ1n) is 11.6. The molecule has 0 aromatic heterocycles. The third kappa shape index (κ3) is 6.40. The molecule has 2 aliphatic heterocycles. The fourth-order valence-electron chi connectivity index (χ4n) is 4.65. The molecule has 8 heteroatoms. The number of ether oxygens (including phenoxy) is 1. The maximum atomic E-state index is 12.7. The second kappa shape index (κ2) is 10.8. The van der Waals surface area contributed by atoms with Crippen molar-refractivity contribution in [2.45, 2.75) is 32.2 Å². The fraction of sp³-hybridized carbons (Fsp3) is 0.480. The Balaban J connectivity index is 1.32. The Labute approximate surface area is 197 Å². The second-order valence-electron chi connectivity index (χ2n) is 8.86. The van der Waals surface area contributed by atoms with E-state index in [1.807, 2.05) is 54.6 Å². The molecule has 2 atom stereocenters. The lowest BCUT2D eigenvalue weighted by molar-refractivity contribution is -0.140. The highest BCUT2D eigenvalue weighted by molar-refractivity contribution is 7.89. The Morgan fingerprint density at radius 2 is 1.61 bits per heavy atom. The molecule has 176 valence electrons. The molecular formula is C25H32N4O3S. The Bertz CT molecular complexity index is 1040. The fourth-order valence-corrected chi connectivity index (χ4v) is 5.73. The number of nitrogens with zero attached hydrogens (tertiary/aromatic N) is 4. The van der Waals surface area contributed by atoms with Crippen LogP contribution in [0.25, 0.3) is 0 Å². The van der Waals surface area contributed by atoms with Gasteiger partial charge in [-0.25, -0.2) is 8.42 Å². The summed E-state index contributed by atoms with van der Waals surface area (Å²) in [5.74, 6) is 0.110. The molecule has 2 aromatic carbocycles. The van der Waals surface area contributed by atoms with Crippen LogP contribution in [-0.4, -0.2) is 79.8 Å². The highest BCUT2D eigenvalue weighted by Crippen LogP contribution is 2.21. The molecular weight excluding hydrogens is 436 g/mol. The molecule has 7 nitrogen and oxygen atoms in total. The summed E-state index contributed by atoms with van der Waals surface area (Å²) in [7, 11) is -3.28. The van der Waals surface area contributed by atoms with Gasteiger partial charge in [0.05, 0.1) is 29.6 Å². The lowest BCUT2D eigenvalue weighted by Gasteiger charge is -2.46. The van der Waals surface area contributed by atoms with Crippen molar-refractivity contribution < 1.29 is 13.2 Å². The molecule has 33 heavy (non-hydrogen) atoms. The maximum Gasteiger partial charge on any atom is 0.214 e. The first kappa shape index (κ1) is 23.9. The highest BCUT2D eigenvalue weighted by Gasteiger charge is 2.35. The van der Waals surface area contributed by atoms with Gasteiger partial charge in [0.1, 0.15) is 0 Å². The van der Waals surface area contributed by atoms with E-state index < -0.39 is 10.0 Å². The number of hydrogen-bond donors (Lipinski definition) is 0. The number of sulfonamides is 1. The van der Waals surface area contributed by atoms with Crippen molar-refractivity contribution in [2.24, 2.45) is 0 Å². The first-order chi connectivity index (χ1) is 15.9. The van der Waals surface area contributed by atoms with E-state index in [0.29, 0.717) is 25.2 Å². The van der Waals surface area contributed by atoms with Crippen molar-refractivity contribution in [3.05, 3.63) is 71.3 Å². The van der Waals surface area contributed by atoms with Gasteiger partial charge in [0, 0.05) is 52.4 Å². The van der Waals surface area contributed by atoms with Crippen molar-refractivity contribution in [3.8, 4) is 6.07 Å². The number of fused-ring (bicyclic) bond motifs is 2. The molecule has 0 aliphatic carbocycles. The van der Waals surface area contributed by atoms with E-state index in [1.165, 1.54) is 5.56 Å². The summed E-state index contributed by atoms with van der Waals surface area (Å²) in [6, 6.07) is 19.7. The summed E-state index contributed by atoms with van der Waals surface area (Å²) in [6.07, 6.45) is 0.252. The molecule has 2 heterocycles. The van der Waals surface area contributed by atoms with Crippen molar-refractivity contribution >= 4 is 10.0 Å². The number of rotatable bonds is 9. The van der Waals surface area contributed by atoms with E-state index in [0.717, 1.165) is 38.3 Å². The van der Waals surface area contributed by atoms with Gasteiger partial charge in [-0.2, -0.15) is 9.57 Å². The molecule has 0 amide bonds. The minimum Gasteiger partial charge on any atom is -0.370 e. The first-order valence-corrected chi connectivity index (χ1v) is 13.2. The molecule has 2 saturated heterocycles. The quantitative estimate of drug-likeness (QED) is 0.562.